The van der Waals surface area contributed by atoms with Crippen molar-refractivity contribution in [2.45, 2.75) is 18.7 Å². The van der Waals surface area contributed by atoms with Gasteiger partial charge in [-0.1, -0.05) is 17.7 Å². The maximum atomic E-state index is 3.75. The zero-order valence-corrected chi connectivity index (χ0v) is 10.4. The van der Waals surface area contributed by atoms with Crippen molar-refractivity contribution in [3.63, 3.8) is 0 Å². The van der Waals surface area contributed by atoms with Gasteiger partial charge in [0.15, 0.2) is 0 Å². The maximum absolute atomic E-state index is 3.75. The second-order valence-electron chi connectivity index (χ2n) is 3.47. The Balaban J connectivity index is 3.23. The minimum atomic E-state index is -0.743. The van der Waals surface area contributed by atoms with E-state index in [0.29, 0.717) is 0 Å². The fourth-order valence-electron chi connectivity index (χ4n) is 1.23. The lowest BCUT2D eigenvalue weighted by atomic mass is 10.2. The molecule has 0 spiro atoms. The highest BCUT2D eigenvalue weighted by Crippen LogP contribution is 2.57. The van der Waals surface area contributed by atoms with Crippen molar-refractivity contribution in [2.24, 2.45) is 0 Å². The van der Waals surface area contributed by atoms with Gasteiger partial charge in [-0.3, -0.25) is 0 Å². The van der Waals surface area contributed by atoms with Crippen LogP contribution in [0.25, 0.3) is 0 Å². The number of hydrogen-bond acceptors (Lipinski definition) is 0. The summed E-state index contributed by atoms with van der Waals surface area (Å²) < 4.78 is 0. The second-order valence-corrected chi connectivity index (χ2v) is 11.2. The summed E-state index contributed by atoms with van der Waals surface area (Å²) in [4.78, 5) is 1.46. The lowest BCUT2D eigenvalue weighted by Gasteiger charge is -2.25. The zero-order chi connectivity index (χ0) is 9.35. The van der Waals surface area contributed by atoms with E-state index in [-0.39, 0.29) is 0 Å². The third kappa shape index (κ3) is 2.27. The normalized spacial score (nSPS) is 13.1. The predicted octanol–water partition coefficient (Wildman–Crippen LogP) is 4.04. The molecule has 1 aromatic carbocycles. The Bertz CT molecular complexity index is 286. The Kier molecular flexibility index (Phi) is 2.89. The smallest absolute Gasteiger partial charge is 0.00206 e. The van der Waals surface area contributed by atoms with E-state index in [1.807, 2.05) is 0 Å². The molecule has 0 saturated carbocycles. The largest absolute Gasteiger partial charge is 0.162 e. The number of hydrogen-bond donors (Lipinski definition) is 0. The summed E-state index contributed by atoms with van der Waals surface area (Å²) in [6, 6.07) is 6.64. The molecule has 2 heteroatoms. The van der Waals surface area contributed by atoms with E-state index in [1.165, 1.54) is 16.0 Å². The number of halogens is 1. The number of rotatable bonds is 1. The molecule has 0 heterocycles. The van der Waals surface area contributed by atoms with E-state index in [4.69, 9.17) is 0 Å². The minimum Gasteiger partial charge on any atom is -0.162 e. The molecule has 0 unspecified atom stereocenters. The third-order valence-corrected chi connectivity index (χ3v) is 4.40. The van der Waals surface area contributed by atoms with Crippen LogP contribution in [0, 0.1) is 13.8 Å². The molecule has 68 valence electrons. The maximum Gasteiger partial charge on any atom is 0.00206 e. The topological polar surface area (TPSA) is 0 Å². The van der Waals surface area contributed by atoms with Crippen LogP contribution >= 0.6 is 23.3 Å². The van der Waals surface area contributed by atoms with Crippen molar-refractivity contribution in [3.05, 3.63) is 29.3 Å². The lowest BCUT2D eigenvalue weighted by Crippen LogP contribution is -1.91. The van der Waals surface area contributed by atoms with Crippen LogP contribution in [-0.4, -0.2) is 12.5 Å². The molecule has 0 saturated heterocycles. The van der Waals surface area contributed by atoms with E-state index in [0.717, 1.165) is 0 Å². The SMILES string of the molecule is Cc1ccc(C)c(S(C)(C)Br)c1. The molecule has 1 aromatic rings. The van der Waals surface area contributed by atoms with Crippen LogP contribution in [-0.2, 0) is 0 Å². The van der Waals surface area contributed by atoms with Crippen LogP contribution < -0.4 is 0 Å². The van der Waals surface area contributed by atoms with Crippen LogP contribution in [0.15, 0.2) is 23.1 Å². The van der Waals surface area contributed by atoms with Gasteiger partial charge in [-0.15, -0.1) is 0 Å². The summed E-state index contributed by atoms with van der Waals surface area (Å²) in [6.45, 7) is 4.31. The van der Waals surface area contributed by atoms with Gasteiger partial charge in [0.2, 0.25) is 0 Å². The molecule has 0 aliphatic rings. The lowest BCUT2D eigenvalue weighted by molar-refractivity contribution is 1.26. The number of benzene rings is 1. The average Bonchev–Trinajstić information content (AvgIpc) is 1.92. The Morgan fingerprint density at radius 3 is 2.17 bits per heavy atom. The third-order valence-electron chi connectivity index (χ3n) is 1.87. The molecule has 0 radical (unpaired) electrons. The Morgan fingerprint density at radius 1 is 1.17 bits per heavy atom. The van der Waals surface area contributed by atoms with Gasteiger partial charge in [0, 0.05) is 4.90 Å². The molecule has 0 fully saturated rings. The van der Waals surface area contributed by atoms with Gasteiger partial charge >= 0.3 is 0 Å². The molecule has 0 bridgehead atoms. The zero-order valence-electron chi connectivity index (χ0n) is 8.02. The van der Waals surface area contributed by atoms with Gasteiger partial charge in [0.05, 0.1) is 0 Å². The first-order chi connectivity index (χ1) is 5.41. The van der Waals surface area contributed by atoms with E-state index in [2.05, 4.69) is 59.4 Å². The minimum absolute atomic E-state index is 0.743. The van der Waals surface area contributed by atoms with Crippen LogP contribution in [0.4, 0.5) is 0 Å². The molecular formula is C10H15BrS. The second kappa shape index (κ2) is 3.43. The first kappa shape index (κ1) is 10.1. The highest BCUT2D eigenvalue weighted by molar-refractivity contribution is 9.58. The van der Waals surface area contributed by atoms with Gasteiger partial charge in [0.1, 0.15) is 0 Å². The van der Waals surface area contributed by atoms with E-state index in [1.54, 1.807) is 0 Å². The van der Waals surface area contributed by atoms with Crippen molar-refractivity contribution in [3.8, 4) is 0 Å². The van der Waals surface area contributed by atoms with E-state index < -0.39 is 8.46 Å². The summed E-state index contributed by atoms with van der Waals surface area (Å²) in [5.41, 5.74) is 2.73. The van der Waals surface area contributed by atoms with E-state index >= 15 is 0 Å². The summed E-state index contributed by atoms with van der Waals surface area (Å²) in [5.74, 6) is 0. The monoisotopic (exact) mass is 246 g/mol. The summed E-state index contributed by atoms with van der Waals surface area (Å²) in [7, 11) is -0.743. The summed E-state index contributed by atoms with van der Waals surface area (Å²) in [6.07, 6.45) is 4.52. The molecular weight excluding hydrogens is 232 g/mol. The van der Waals surface area contributed by atoms with Crippen molar-refractivity contribution in [2.75, 3.05) is 12.5 Å². The summed E-state index contributed by atoms with van der Waals surface area (Å²) in [5, 5.41) is 0. The average molecular weight is 247 g/mol. The Morgan fingerprint density at radius 2 is 1.75 bits per heavy atom. The van der Waals surface area contributed by atoms with Crippen molar-refractivity contribution in [1.82, 2.24) is 0 Å². The highest BCUT2D eigenvalue weighted by atomic mass is 79.9. The molecule has 0 N–H and O–H groups in total. The predicted molar refractivity (Wildman–Crippen MR) is 62.5 cm³/mol. The van der Waals surface area contributed by atoms with Gasteiger partial charge in [-0.05, 0) is 52.8 Å². The molecule has 0 aliphatic heterocycles. The molecule has 1 rings (SSSR count). The first-order valence-electron chi connectivity index (χ1n) is 3.91. The highest BCUT2D eigenvalue weighted by Gasteiger charge is 2.12. The van der Waals surface area contributed by atoms with Crippen LogP contribution in [0.1, 0.15) is 11.1 Å². The molecule has 0 aromatic heterocycles. The molecule has 12 heavy (non-hydrogen) atoms. The molecule has 0 atom stereocenters. The molecule has 0 nitrogen and oxygen atoms in total. The summed E-state index contributed by atoms with van der Waals surface area (Å²) >= 11 is 3.75. The Hall–Kier alpha value is 0.0500. The van der Waals surface area contributed by atoms with Gasteiger partial charge in [0.25, 0.3) is 0 Å². The first-order valence-corrected chi connectivity index (χ1v) is 8.21. The van der Waals surface area contributed by atoms with E-state index in [9.17, 15) is 0 Å². The molecule has 0 aliphatic carbocycles. The fraction of sp³-hybridized carbons (Fsp3) is 0.400. The van der Waals surface area contributed by atoms with Gasteiger partial charge < -0.3 is 0 Å². The number of aryl methyl sites for hydroxylation is 2. The molecule has 0 amide bonds. The van der Waals surface area contributed by atoms with Crippen molar-refractivity contribution >= 4 is 23.3 Å². The fourth-order valence-corrected chi connectivity index (χ4v) is 3.58. The van der Waals surface area contributed by atoms with Crippen LogP contribution in [0.5, 0.6) is 0 Å². The van der Waals surface area contributed by atoms with Gasteiger partial charge in [-0.25, -0.2) is 0 Å². The van der Waals surface area contributed by atoms with Crippen molar-refractivity contribution < 1.29 is 0 Å². The van der Waals surface area contributed by atoms with Crippen molar-refractivity contribution in [1.29, 1.82) is 0 Å². The Labute approximate surface area is 83.9 Å². The van der Waals surface area contributed by atoms with Crippen LogP contribution in [0.3, 0.4) is 0 Å². The standard InChI is InChI=1S/C10H15BrS/c1-8-5-6-9(2)10(7-8)12(3,4)11/h5-7H,1-4H3. The quantitative estimate of drug-likeness (QED) is 0.702. The van der Waals surface area contributed by atoms with Gasteiger partial charge in [-0.2, -0.15) is 8.46 Å². The van der Waals surface area contributed by atoms with Crippen LogP contribution in [0.2, 0.25) is 0 Å².